The van der Waals surface area contributed by atoms with Crippen LogP contribution in [0.1, 0.15) is 11.4 Å². The maximum atomic E-state index is 11.8. The van der Waals surface area contributed by atoms with E-state index in [1.165, 1.54) is 9.36 Å². The number of aromatic nitrogens is 4. The minimum absolute atomic E-state index is 0.00438. The van der Waals surface area contributed by atoms with Crippen molar-refractivity contribution in [2.75, 3.05) is 0 Å². The zero-order chi connectivity index (χ0) is 29.3. The molecule has 0 radical (unpaired) electrons. The molecule has 4 rings (SSSR count). The first kappa shape index (κ1) is 30.4. The maximum absolute atomic E-state index is 11.8. The molecule has 17 heteroatoms. The van der Waals surface area contributed by atoms with E-state index in [-0.39, 0.29) is 36.1 Å². The van der Waals surface area contributed by atoms with Crippen molar-refractivity contribution in [2.24, 2.45) is 47.0 Å². The predicted octanol–water partition coefficient (Wildman–Crippen LogP) is -1.24. The molecular weight excluding hydrogens is 532 g/mol. The number of guanidine groups is 2. The van der Waals surface area contributed by atoms with Gasteiger partial charge in [-0.1, -0.05) is 36.4 Å². The minimum atomic E-state index is -4.67. The van der Waals surface area contributed by atoms with Crippen LogP contribution in [0.4, 0.5) is 0 Å². The molecule has 2 heterocycles. The summed E-state index contributed by atoms with van der Waals surface area (Å²) in [5, 5.41) is 11.1. The van der Waals surface area contributed by atoms with Gasteiger partial charge in [-0.2, -0.15) is 18.6 Å². The highest BCUT2D eigenvalue weighted by molar-refractivity contribution is 7.79. The summed E-state index contributed by atoms with van der Waals surface area (Å²) in [6, 6.07) is 14.5. The SMILES string of the molecule is Cn1nc(CN=C(N)N)c2ccccc2c1=O.Cn1nc(CN=C(N)N)c2ccccc2c1=O.O=S(=O)(O)O. The van der Waals surface area contributed by atoms with E-state index in [9.17, 15) is 9.59 Å². The van der Waals surface area contributed by atoms with E-state index in [2.05, 4.69) is 20.2 Å². The molecule has 0 saturated heterocycles. The average Bonchev–Trinajstić information content (AvgIpc) is 2.86. The molecule has 208 valence electrons. The molecule has 0 saturated carbocycles. The molecule has 0 aliphatic heterocycles. The van der Waals surface area contributed by atoms with Crippen LogP contribution in [0.25, 0.3) is 21.5 Å². The maximum Gasteiger partial charge on any atom is 0.394 e. The van der Waals surface area contributed by atoms with Crippen LogP contribution in [-0.4, -0.2) is 49.0 Å². The molecule has 39 heavy (non-hydrogen) atoms. The number of aryl methyl sites for hydroxylation is 2. The van der Waals surface area contributed by atoms with Gasteiger partial charge >= 0.3 is 10.4 Å². The summed E-state index contributed by atoms with van der Waals surface area (Å²) in [7, 11) is -1.46. The lowest BCUT2D eigenvalue weighted by atomic mass is 10.1. The van der Waals surface area contributed by atoms with Crippen LogP contribution in [0, 0.1) is 0 Å². The number of rotatable bonds is 4. The van der Waals surface area contributed by atoms with Crippen LogP contribution in [0.3, 0.4) is 0 Å². The molecular formula is C22H28N10O6S. The van der Waals surface area contributed by atoms with Gasteiger partial charge in [0.25, 0.3) is 11.1 Å². The second-order valence-corrected chi connectivity index (χ2v) is 8.67. The van der Waals surface area contributed by atoms with Gasteiger partial charge in [-0.3, -0.25) is 18.7 Å². The van der Waals surface area contributed by atoms with Crippen molar-refractivity contribution in [2.45, 2.75) is 13.1 Å². The summed E-state index contributed by atoms with van der Waals surface area (Å²) >= 11 is 0. The highest BCUT2D eigenvalue weighted by Gasteiger charge is 2.08. The van der Waals surface area contributed by atoms with Gasteiger partial charge in [0, 0.05) is 24.9 Å². The van der Waals surface area contributed by atoms with Crippen LogP contribution < -0.4 is 34.1 Å². The van der Waals surface area contributed by atoms with Crippen molar-refractivity contribution in [3.05, 3.63) is 80.6 Å². The summed E-state index contributed by atoms with van der Waals surface area (Å²) in [5.74, 6) is 0.00877. The van der Waals surface area contributed by atoms with Crippen molar-refractivity contribution in [3.8, 4) is 0 Å². The van der Waals surface area contributed by atoms with Crippen molar-refractivity contribution in [1.82, 2.24) is 19.6 Å². The Balaban J connectivity index is 0.000000234. The van der Waals surface area contributed by atoms with E-state index in [4.69, 9.17) is 40.5 Å². The molecule has 10 N–H and O–H groups in total. The summed E-state index contributed by atoms with van der Waals surface area (Å²) < 4.78 is 34.2. The van der Waals surface area contributed by atoms with E-state index >= 15 is 0 Å². The normalized spacial score (nSPS) is 10.6. The number of hydrogen-bond donors (Lipinski definition) is 6. The van der Waals surface area contributed by atoms with Crippen molar-refractivity contribution in [3.63, 3.8) is 0 Å². The zero-order valence-electron chi connectivity index (χ0n) is 21.0. The van der Waals surface area contributed by atoms with E-state index in [1.54, 1.807) is 26.2 Å². The Morgan fingerprint density at radius 3 is 1.28 bits per heavy atom. The molecule has 0 bridgehead atoms. The van der Waals surface area contributed by atoms with E-state index < -0.39 is 10.4 Å². The fourth-order valence-electron chi connectivity index (χ4n) is 3.32. The monoisotopic (exact) mass is 560 g/mol. The first-order chi connectivity index (χ1) is 18.2. The van der Waals surface area contributed by atoms with Crippen LogP contribution in [0.2, 0.25) is 0 Å². The summed E-state index contributed by atoms with van der Waals surface area (Å²) in [6.45, 7) is 0.522. The number of nitrogens with zero attached hydrogens (tertiary/aromatic N) is 6. The molecule has 2 aromatic heterocycles. The summed E-state index contributed by atoms with van der Waals surface area (Å²) in [5.41, 5.74) is 22.2. The molecule has 2 aromatic carbocycles. The van der Waals surface area contributed by atoms with E-state index in [1.807, 2.05) is 36.4 Å². The van der Waals surface area contributed by atoms with Crippen molar-refractivity contribution < 1.29 is 17.5 Å². The molecule has 0 aliphatic rings. The fraction of sp³-hybridized carbons (Fsp3) is 0.182. The second-order valence-electron chi connectivity index (χ2n) is 7.77. The topological polar surface area (TPSA) is 273 Å². The average molecular weight is 561 g/mol. The zero-order valence-corrected chi connectivity index (χ0v) is 21.8. The van der Waals surface area contributed by atoms with Gasteiger partial charge in [-0.05, 0) is 12.1 Å². The number of aliphatic imine (C=N–C) groups is 2. The summed E-state index contributed by atoms with van der Waals surface area (Å²) in [4.78, 5) is 31.5. The molecule has 0 atom stereocenters. The molecule has 0 spiro atoms. The Bertz CT molecular complexity index is 1630. The first-order valence-electron chi connectivity index (χ1n) is 10.9. The standard InChI is InChI=1S/2C11H13N5O.H2O4S/c2*1-16-10(17)8-5-3-2-4-7(8)9(15-16)6-14-11(12)13;1-5(2,3)4/h2*2-5H,6H2,1H3,(H4,12,13,14);(H2,1,2,3,4). The number of fused-ring (bicyclic) bond motifs is 2. The predicted molar refractivity (Wildman–Crippen MR) is 147 cm³/mol. The lowest BCUT2D eigenvalue weighted by Gasteiger charge is -2.05. The fourth-order valence-corrected chi connectivity index (χ4v) is 3.32. The molecule has 0 fully saturated rings. The number of benzene rings is 2. The quantitative estimate of drug-likeness (QED) is 0.0971. The van der Waals surface area contributed by atoms with Gasteiger partial charge in [-0.25, -0.2) is 19.3 Å². The van der Waals surface area contributed by atoms with Crippen LogP contribution in [0.15, 0.2) is 68.1 Å². The lowest BCUT2D eigenvalue weighted by molar-refractivity contribution is 0.381. The molecule has 16 nitrogen and oxygen atoms in total. The Kier molecular flexibility index (Phi) is 10.2. The van der Waals surface area contributed by atoms with Crippen molar-refractivity contribution >= 4 is 43.9 Å². The van der Waals surface area contributed by atoms with Crippen LogP contribution in [-0.2, 0) is 37.6 Å². The molecule has 0 unspecified atom stereocenters. The van der Waals surface area contributed by atoms with Gasteiger partial charge in [0.1, 0.15) is 0 Å². The van der Waals surface area contributed by atoms with E-state index in [0.29, 0.717) is 22.2 Å². The number of nitrogens with two attached hydrogens (primary N) is 4. The molecule has 0 aliphatic carbocycles. The second kappa shape index (κ2) is 13.1. The summed E-state index contributed by atoms with van der Waals surface area (Å²) in [6.07, 6.45) is 0. The van der Waals surface area contributed by atoms with Crippen LogP contribution in [0.5, 0.6) is 0 Å². The number of hydrogen-bond acceptors (Lipinski definition) is 8. The highest BCUT2D eigenvalue weighted by atomic mass is 32.3. The van der Waals surface area contributed by atoms with Gasteiger partial charge in [0.2, 0.25) is 0 Å². The first-order valence-corrected chi connectivity index (χ1v) is 12.3. The molecule has 0 amide bonds. The third kappa shape index (κ3) is 9.18. The highest BCUT2D eigenvalue weighted by Crippen LogP contribution is 2.14. The van der Waals surface area contributed by atoms with Gasteiger partial charge < -0.3 is 22.9 Å². The van der Waals surface area contributed by atoms with Crippen molar-refractivity contribution in [1.29, 1.82) is 0 Å². The third-order valence-corrected chi connectivity index (χ3v) is 4.89. The van der Waals surface area contributed by atoms with Gasteiger partial charge in [0.15, 0.2) is 11.9 Å². The Labute approximate surface area is 221 Å². The smallest absolute Gasteiger partial charge is 0.370 e. The largest absolute Gasteiger partial charge is 0.394 e. The van der Waals surface area contributed by atoms with Crippen LogP contribution >= 0.6 is 0 Å². The molecule has 4 aromatic rings. The third-order valence-electron chi connectivity index (χ3n) is 4.89. The minimum Gasteiger partial charge on any atom is -0.370 e. The van der Waals surface area contributed by atoms with E-state index in [0.717, 1.165) is 10.8 Å². The lowest BCUT2D eigenvalue weighted by Crippen LogP contribution is -2.24. The Morgan fingerprint density at radius 1 is 0.718 bits per heavy atom. The Morgan fingerprint density at radius 2 is 1.00 bits per heavy atom. The van der Waals surface area contributed by atoms with Gasteiger partial charge in [0.05, 0.1) is 35.2 Å². The van der Waals surface area contributed by atoms with Gasteiger partial charge in [-0.15, -0.1) is 0 Å². The Hall–Kier alpha value is -4.87.